The fourth-order valence-corrected chi connectivity index (χ4v) is 1.94. The Labute approximate surface area is 105 Å². The molecule has 0 aromatic carbocycles. The average molecular weight is 235 g/mol. The minimum atomic E-state index is 0.0205. The Morgan fingerprint density at radius 3 is 2.35 bits per heavy atom. The smallest absolute Gasteiger partial charge is 0.133 e. The first-order chi connectivity index (χ1) is 7.93. The van der Waals surface area contributed by atoms with Crippen LogP contribution in [-0.4, -0.2) is 17.6 Å². The van der Waals surface area contributed by atoms with Crippen LogP contribution in [0.2, 0.25) is 0 Å². The third kappa shape index (κ3) is 3.70. The Balaban J connectivity index is 3.09. The van der Waals surface area contributed by atoms with Crippen LogP contribution in [0.4, 0.5) is 5.82 Å². The third-order valence-corrected chi connectivity index (χ3v) is 2.76. The number of hydrogen-bond acceptors (Lipinski definition) is 3. The van der Waals surface area contributed by atoms with Gasteiger partial charge in [-0.05, 0) is 32.8 Å². The number of nitrogens with zero attached hydrogens (tertiary/aromatic N) is 2. The lowest BCUT2D eigenvalue weighted by Gasteiger charge is -2.31. The van der Waals surface area contributed by atoms with Crippen LogP contribution in [0.3, 0.4) is 0 Å². The molecule has 3 nitrogen and oxygen atoms in total. The standard InChI is InChI=1S/C14H25N3/c1-10(2)9-17(11(3)4)14-13(12(5)15)7-6-8-16-14/h6-8,10-12H,9,15H2,1-5H3/t12-/m1/s1. The van der Waals surface area contributed by atoms with Crippen LogP contribution < -0.4 is 10.6 Å². The van der Waals surface area contributed by atoms with Crippen molar-refractivity contribution in [2.45, 2.75) is 46.7 Å². The number of anilines is 1. The molecule has 1 aromatic rings. The highest BCUT2D eigenvalue weighted by Crippen LogP contribution is 2.24. The maximum absolute atomic E-state index is 6.02. The van der Waals surface area contributed by atoms with Gasteiger partial charge in [0.05, 0.1) is 0 Å². The second-order valence-corrected chi connectivity index (χ2v) is 5.34. The molecule has 0 radical (unpaired) electrons. The van der Waals surface area contributed by atoms with E-state index in [1.807, 2.05) is 19.2 Å². The van der Waals surface area contributed by atoms with Crippen LogP contribution in [0.5, 0.6) is 0 Å². The summed E-state index contributed by atoms with van der Waals surface area (Å²) < 4.78 is 0. The summed E-state index contributed by atoms with van der Waals surface area (Å²) in [5, 5.41) is 0. The van der Waals surface area contributed by atoms with E-state index in [9.17, 15) is 0 Å². The number of nitrogens with two attached hydrogens (primary N) is 1. The van der Waals surface area contributed by atoms with Crippen molar-refractivity contribution in [3.05, 3.63) is 23.9 Å². The van der Waals surface area contributed by atoms with Crippen molar-refractivity contribution in [2.75, 3.05) is 11.4 Å². The zero-order valence-electron chi connectivity index (χ0n) is 11.6. The fourth-order valence-electron chi connectivity index (χ4n) is 1.94. The van der Waals surface area contributed by atoms with Crippen molar-refractivity contribution < 1.29 is 0 Å². The predicted octanol–water partition coefficient (Wildman–Crippen LogP) is 2.97. The highest BCUT2D eigenvalue weighted by atomic mass is 15.2. The number of aromatic nitrogens is 1. The zero-order valence-corrected chi connectivity index (χ0v) is 11.6. The minimum absolute atomic E-state index is 0.0205. The highest BCUT2D eigenvalue weighted by Gasteiger charge is 2.18. The molecular formula is C14H25N3. The molecule has 2 N–H and O–H groups in total. The molecule has 0 fully saturated rings. The molecule has 1 atom stereocenters. The third-order valence-electron chi connectivity index (χ3n) is 2.76. The van der Waals surface area contributed by atoms with E-state index < -0.39 is 0 Å². The van der Waals surface area contributed by atoms with Crippen LogP contribution in [0.15, 0.2) is 18.3 Å². The lowest BCUT2D eigenvalue weighted by molar-refractivity contribution is 0.562. The summed E-state index contributed by atoms with van der Waals surface area (Å²) in [6, 6.07) is 4.48. The lowest BCUT2D eigenvalue weighted by atomic mass is 10.1. The van der Waals surface area contributed by atoms with E-state index in [1.54, 1.807) is 0 Å². The fraction of sp³-hybridized carbons (Fsp3) is 0.643. The van der Waals surface area contributed by atoms with E-state index in [-0.39, 0.29) is 6.04 Å². The summed E-state index contributed by atoms with van der Waals surface area (Å²) in [6.07, 6.45) is 1.84. The van der Waals surface area contributed by atoms with Gasteiger partial charge in [0.1, 0.15) is 5.82 Å². The lowest BCUT2D eigenvalue weighted by Crippen LogP contribution is -2.36. The molecule has 0 saturated heterocycles. The summed E-state index contributed by atoms with van der Waals surface area (Å²) in [6.45, 7) is 11.9. The van der Waals surface area contributed by atoms with E-state index in [2.05, 4.69) is 43.6 Å². The quantitative estimate of drug-likeness (QED) is 0.853. The number of hydrogen-bond donors (Lipinski definition) is 1. The van der Waals surface area contributed by atoms with Crippen molar-refractivity contribution in [3.8, 4) is 0 Å². The molecule has 0 unspecified atom stereocenters. The molecular weight excluding hydrogens is 210 g/mol. The number of pyridine rings is 1. The van der Waals surface area contributed by atoms with Gasteiger partial charge in [-0.25, -0.2) is 4.98 Å². The van der Waals surface area contributed by atoms with Crippen LogP contribution in [0, 0.1) is 5.92 Å². The van der Waals surface area contributed by atoms with Crippen molar-refractivity contribution >= 4 is 5.82 Å². The van der Waals surface area contributed by atoms with Gasteiger partial charge >= 0.3 is 0 Å². The van der Waals surface area contributed by atoms with Gasteiger partial charge in [-0.15, -0.1) is 0 Å². The summed E-state index contributed by atoms with van der Waals surface area (Å²) in [7, 11) is 0. The van der Waals surface area contributed by atoms with Gasteiger partial charge in [0, 0.05) is 30.4 Å². The van der Waals surface area contributed by atoms with E-state index >= 15 is 0 Å². The van der Waals surface area contributed by atoms with Crippen LogP contribution in [-0.2, 0) is 0 Å². The van der Waals surface area contributed by atoms with Crippen molar-refractivity contribution in [3.63, 3.8) is 0 Å². The molecule has 1 aromatic heterocycles. The molecule has 3 heteroatoms. The van der Waals surface area contributed by atoms with Crippen molar-refractivity contribution in [1.82, 2.24) is 4.98 Å². The topological polar surface area (TPSA) is 42.2 Å². The molecule has 1 heterocycles. The highest BCUT2D eigenvalue weighted by molar-refractivity contribution is 5.49. The molecule has 17 heavy (non-hydrogen) atoms. The Bertz CT molecular complexity index is 345. The average Bonchev–Trinajstić information content (AvgIpc) is 2.25. The van der Waals surface area contributed by atoms with Crippen LogP contribution in [0.25, 0.3) is 0 Å². The van der Waals surface area contributed by atoms with Gasteiger partial charge in [0.15, 0.2) is 0 Å². The summed E-state index contributed by atoms with van der Waals surface area (Å²) in [5.41, 5.74) is 7.14. The second kappa shape index (κ2) is 6.01. The van der Waals surface area contributed by atoms with Gasteiger partial charge in [-0.2, -0.15) is 0 Å². The molecule has 0 aliphatic carbocycles. The molecule has 1 rings (SSSR count). The summed E-state index contributed by atoms with van der Waals surface area (Å²) in [5.74, 6) is 1.64. The van der Waals surface area contributed by atoms with Gasteiger partial charge < -0.3 is 10.6 Å². The monoisotopic (exact) mass is 235 g/mol. The molecule has 0 aliphatic rings. The predicted molar refractivity (Wildman–Crippen MR) is 74.2 cm³/mol. The summed E-state index contributed by atoms with van der Waals surface area (Å²) >= 11 is 0. The van der Waals surface area contributed by atoms with Crippen molar-refractivity contribution in [1.29, 1.82) is 0 Å². The van der Waals surface area contributed by atoms with Gasteiger partial charge in [0.25, 0.3) is 0 Å². The molecule has 0 saturated carbocycles. The van der Waals surface area contributed by atoms with Crippen LogP contribution >= 0.6 is 0 Å². The van der Waals surface area contributed by atoms with E-state index in [4.69, 9.17) is 5.73 Å². The largest absolute Gasteiger partial charge is 0.354 e. The second-order valence-electron chi connectivity index (χ2n) is 5.34. The minimum Gasteiger partial charge on any atom is -0.354 e. The van der Waals surface area contributed by atoms with Crippen molar-refractivity contribution in [2.24, 2.45) is 11.7 Å². The Morgan fingerprint density at radius 2 is 1.88 bits per heavy atom. The zero-order chi connectivity index (χ0) is 13.0. The van der Waals surface area contributed by atoms with E-state index in [0.29, 0.717) is 12.0 Å². The first-order valence-corrected chi connectivity index (χ1v) is 6.40. The molecule has 0 bridgehead atoms. The van der Waals surface area contributed by atoms with Gasteiger partial charge in [-0.3, -0.25) is 0 Å². The molecule has 0 amide bonds. The molecule has 0 spiro atoms. The van der Waals surface area contributed by atoms with E-state index in [1.165, 1.54) is 0 Å². The molecule has 96 valence electrons. The Kier molecular flexibility index (Phi) is 4.94. The summed E-state index contributed by atoms with van der Waals surface area (Å²) in [4.78, 5) is 6.86. The maximum atomic E-state index is 6.02. The van der Waals surface area contributed by atoms with Gasteiger partial charge in [-0.1, -0.05) is 19.9 Å². The van der Waals surface area contributed by atoms with E-state index in [0.717, 1.165) is 17.9 Å². The van der Waals surface area contributed by atoms with Gasteiger partial charge in [0.2, 0.25) is 0 Å². The Morgan fingerprint density at radius 1 is 1.24 bits per heavy atom. The first kappa shape index (κ1) is 14.0. The number of rotatable bonds is 5. The maximum Gasteiger partial charge on any atom is 0.133 e. The molecule has 0 aliphatic heterocycles. The Hall–Kier alpha value is -1.09. The van der Waals surface area contributed by atoms with Crippen LogP contribution in [0.1, 0.15) is 46.2 Å². The normalized spacial score (nSPS) is 13.2. The first-order valence-electron chi connectivity index (χ1n) is 6.40. The SMILES string of the molecule is CC(C)CN(c1ncccc1[C@@H](C)N)C(C)C.